The number of ketones is 1. The van der Waals surface area contributed by atoms with E-state index in [1.54, 1.807) is 17.8 Å². The van der Waals surface area contributed by atoms with Crippen LogP contribution in [0.2, 0.25) is 0 Å². The number of hydroxylamine groups is 1. The molecule has 6 aliphatic heterocycles. The van der Waals surface area contributed by atoms with Crippen molar-refractivity contribution in [2.45, 2.75) is 86.6 Å². The molecule has 0 radical (unpaired) electrons. The predicted molar refractivity (Wildman–Crippen MR) is 148 cm³/mol. The van der Waals surface area contributed by atoms with E-state index < -0.39 is 6.10 Å². The zero-order valence-electron chi connectivity index (χ0n) is 22.9. The second-order valence-electron chi connectivity index (χ2n) is 12.4. The number of hydrogen-bond acceptors (Lipinski definition) is 12. The van der Waals surface area contributed by atoms with Gasteiger partial charge in [0, 0.05) is 56.2 Å². The lowest BCUT2D eigenvalue weighted by Gasteiger charge is -2.42. The standard InChI is InChI=1S/C27H43N7O5S/c28-16-3-1-2-4-17(16)30-20-9-14-12-29-27(36)23(14)26(31-20)32-21-10-18(33-39-21)15-13-38-24-19(35)11-22(40-25(15)24)34-5-7-37-8-6-34/h11,14-18,20-21,23-26,30-33H,1-10,12-13,28H2,(H,29,36)/t14?,15?,16-,17+,18?,20?,21?,23?,24?,25?,26?/m1/s1. The van der Waals surface area contributed by atoms with Crippen LogP contribution in [0.1, 0.15) is 38.5 Å². The monoisotopic (exact) mass is 577 g/mol. The molecule has 0 aromatic heterocycles. The van der Waals surface area contributed by atoms with Crippen molar-refractivity contribution >= 4 is 23.5 Å². The van der Waals surface area contributed by atoms with Gasteiger partial charge >= 0.3 is 0 Å². The second kappa shape index (κ2) is 11.8. The highest BCUT2D eigenvalue weighted by Gasteiger charge is 2.51. The number of nitrogens with two attached hydrogens (primary N) is 1. The summed E-state index contributed by atoms with van der Waals surface area (Å²) in [5.41, 5.74) is 9.68. The van der Waals surface area contributed by atoms with Gasteiger partial charge in [-0.25, -0.2) is 0 Å². The maximum atomic E-state index is 13.0. The summed E-state index contributed by atoms with van der Waals surface area (Å²) >= 11 is 1.76. The summed E-state index contributed by atoms with van der Waals surface area (Å²) < 4.78 is 11.5. The first-order valence-electron chi connectivity index (χ1n) is 15.1. The van der Waals surface area contributed by atoms with Crippen LogP contribution in [0.5, 0.6) is 0 Å². The number of hydrogen-bond donors (Lipinski definition) is 6. The Morgan fingerprint density at radius 1 is 1.10 bits per heavy atom. The smallest absolute Gasteiger partial charge is 0.226 e. The molecule has 40 heavy (non-hydrogen) atoms. The van der Waals surface area contributed by atoms with Crippen LogP contribution >= 0.6 is 11.8 Å². The predicted octanol–water partition coefficient (Wildman–Crippen LogP) is -1.06. The van der Waals surface area contributed by atoms with Crippen molar-refractivity contribution in [3.8, 4) is 0 Å². The molecule has 5 saturated heterocycles. The summed E-state index contributed by atoms with van der Waals surface area (Å²) in [7, 11) is 0. The van der Waals surface area contributed by atoms with E-state index in [1.165, 1.54) is 12.8 Å². The Kier molecular flexibility index (Phi) is 8.10. The number of morpholine rings is 1. The Bertz CT molecular complexity index is 998. The number of piperidine rings is 1. The van der Waals surface area contributed by atoms with E-state index in [9.17, 15) is 9.59 Å². The zero-order valence-corrected chi connectivity index (χ0v) is 23.7. The van der Waals surface area contributed by atoms with E-state index in [0.29, 0.717) is 32.4 Å². The molecule has 6 fully saturated rings. The average molecular weight is 578 g/mol. The van der Waals surface area contributed by atoms with Gasteiger partial charge in [-0.05, 0) is 25.2 Å². The number of nitrogens with one attached hydrogen (secondary N) is 5. The zero-order chi connectivity index (χ0) is 27.2. The number of rotatable bonds is 6. The van der Waals surface area contributed by atoms with Crippen LogP contribution in [-0.2, 0) is 23.9 Å². The minimum absolute atomic E-state index is 0.0428. The number of thioether (sulfide) groups is 1. The van der Waals surface area contributed by atoms with E-state index in [4.69, 9.17) is 20.0 Å². The van der Waals surface area contributed by atoms with E-state index in [0.717, 1.165) is 43.8 Å². The molecule has 9 unspecified atom stereocenters. The Hall–Kier alpha value is -1.29. The van der Waals surface area contributed by atoms with Gasteiger partial charge < -0.3 is 25.4 Å². The summed E-state index contributed by atoms with van der Waals surface area (Å²) in [6.45, 7) is 4.21. The summed E-state index contributed by atoms with van der Waals surface area (Å²) in [6.07, 6.45) is 7.14. The van der Waals surface area contributed by atoms with Crippen LogP contribution in [0.4, 0.5) is 0 Å². The van der Waals surface area contributed by atoms with Gasteiger partial charge in [0.05, 0.1) is 48.3 Å². The van der Waals surface area contributed by atoms with Gasteiger partial charge in [-0.2, -0.15) is 5.48 Å². The van der Waals surface area contributed by atoms with Crippen LogP contribution in [-0.4, -0.2) is 104 Å². The lowest BCUT2D eigenvalue weighted by molar-refractivity contribution is -0.126. The molecule has 7 N–H and O–H groups in total. The molecule has 7 aliphatic rings. The van der Waals surface area contributed by atoms with Gasteiger partial charge in [0.25, 0.3) is 0 Å². The Balaban J connectivity index is 0.985. The second-order valence-corrected chi connectivity index (χ2v) is 13.6. The molecular weight excluding hydrogens is 534 g/mol. The molecule has 12 nitrogen and oxygen atoms in total. The number of amides is 1. The molecule has 0 aromatic rings. The van der Waals surface area contributed by atoms with Crippen LogP contribution < -0.4 is 32.5 Å². The van der Waals surface area contributed by atoms with Crippen LogP contribution in [0.25, 0.3) is 0 Å². The maximum absolute atomic E-state index is 13.0. The lowest BCUT2D eigenvalue weighted by Crippen LogP contribution is -2.66. The molecule has 1 amide bonds. The van der Waals surface area contributed by atoms with Crippen LogP contribution in [0.3, 0.4) is 0 Å². The minimum Gasteiger partial charge on any atom is -0.378 e. The molecule has 11 atom stereocenters. The molecule has 0 spiro atoms. The Labute approximate surface area is 239 Å². The maximum Gasteiger partial charge on any atom is 0.226 e. The number of carbonyl (C=O) groups is 2. The number of carbonyl (C=O) groups excluding carboxylic acids is 2. The molecule has 13 heteroatoms. The van der Waals surface area contributed by atoms with Crippen LogP contribution in [0.15, 0.2) is 11.1 Å². The van der Waals surface area contributed by atoms with Crippen molar-refractivity contribution < 1.29 is 23.9 Å². The molecule has 0 aromatic carbocycles. The van der Waals surface area contributed by atoms with Crippen LogP contribution in [0, 0.1) is 17.8 Å². The third kappa shape index (κ3) is 5.45. The van der Waals surface area contributed by atoms with E-state index in [2.05, 4.69) is 31.6 Å². The molecule has 0 bridgehead atoms. The average Bonchev–Trinajstić information content (AvgIpc) is 3.69. The SMILES string of the molecule is N[C@@H]1CCCC[C@@H]1NC1CC2CNC(=O)C2C(NC2CC(C3COC4C(=O)C=C(N5CCOCC5)SC43)NO2)N1. The molecule has 7 rings (SSSR count). The van der Waals surface area contributed by atoms with Gasteiger partial charge in [0.2, 0.25) is 5.91 Å². The van der Waals surface area contributed by atoms with Gasteiger partial charge in [0.1, 0.15) is 12.3 Å². The highest BCUT2D eigenvalue weighted by molar-refractivity contribution is 8.03. The van der Waals surface area contributed by atoms with Gasteiger partial charge in [-0.1, -0.05) is 12.8 Å². The largest absolute Gasteiger partial charge is 0.378 e. The Morgan fingerprint density at radius 2 is 1.95 bits per heavy atom. The number of fused-ring (bicyclic) bond motifs is 2. The fourth-order valence-electron chi connectivity index (χ4n) is 7.68. The quantitative estimate of drug-likeness (QED) is 0.228. The van der Waals surface area contributed by atoms with E-state index in [-0.39, 0.29) is 65.3 Å². The van der Waals surface area contributed by atoms with E-state index in [1.807, 2.05) is 0 Å². The highest BCUT2D eigenvalue weighted by atomic mass is 32.2. The van der Waals surface area contributed by atoms with Crippen molar-refractivity contribution in [2.75, 3.05) is 39.5 Å². The molecule has 1 aliphatic carbocycles. The summed E-state index contributed by atoms with van der Waals surface area (Å²) in [5.74, 6) is 0.402. The summed E-state index contributed by atoms with van der Waals surface area (Å²) in [5, 5.41) is 15.2. The lowest BCUT2D eigenvalue weighted by atomic mass is 9.83. The highest BCUT2D eigenvalue weighted by Crippen LogP contribution is 2.44. The minimum atomic E-state index is -0.408. The molecule has 6 heterocycles. The molecule has 1 saturated carbocycles. The van der Waals surface area contributed by atoms with Crippen molar-refractivity contribution in [3.05, 3.63) is 11.1 Å². The topological polar surface area (TPSA) is 151 Å². The van der Waals surface area contributed by atoms with Crippen molar-refractivity contribution in [1.29, 1.82) is 0 Å². The molecular formula is C27H43N7O5S. The fourth-order valence-corrected chi connectivity index (χ4v) is 9.26. The fraction of sp³-hybridized carbons (Fsp3) is 0.852. The Morgan fingerprint density at radius 3 is 2.80 bits per heavy atom. The van der Waals surface area contributed by atoms with Crippen molar-refractivity contribution in [1.82, 2.24) is 31.6 Å². The van der Waals surface area contributed by atoms with Gasteiger partial charge in [-0.3, -0.25) is 30.4 Å². The first kappa shape index (κ1) is 27.5. The first-order chi connectivity index (χ1) is 19.5. The number of nitrogens with zero attached hydrogens (tertiary/aromatic N) is 1. The third-order valence-corrected chi connectivity index (χ3v) is 11.4. The third-order valence-electron chi connectivity index (χ3n) is 9.89. The van der Waals surface area contributed by atoms with E-state index >= 15 is 0 Å². The van der Waals surface area contributed by atoms with Crippen molar-refractivity contribution in [2.24, 2.45) is 23.5 Å². The first-order valence-corrected chi connectivity index (χ1v) is 16.0. The van der Waals surface area contributed by atoms with Gasteiger partial charge in [-0.15, -0.1) is 11.8 Å². The summed E-state index contributed by atoms with van der Waals surface area (Å²) in [4.78, 5) is 34.1. The molecule has 222 valence electrons. The summed E-state index contributed by atoms with van der Waals surface area (Å²) in [6, 6.07) is 0.513. The van der Waals surface area contributed by atoms with Crippen molar-refractivity contribution in [3.63, 3.8) is 0 Å². The van der Waals surface area contributed by atoms with Gasteiger partial charge in [0.15, 0.2) is 5.78 Å². The normalized spacial score (nSPS) is 45.7. The number of ether oxygens (including phenoxy) is 2.